The Morgan fingerprint density at radius 2 is 1.79 bits per heavy atom. The van der Waals surface area contributed by atoms with Crippen molar-refractivity contribution in [2.75, 3.05) is 0 Å². The van der Waals surface area contributed by atoms with Gasteiger partial charge in [0.25, 0.3) is 0 Å². The van der Waals surface area contributed by atoms with E-state index >= 15 is 0 Å². The van der Waals surface area contributed by atoms with Gasteiger partial charge in [0.05, 0.1) is 6.42 Å². The van der Waals surface area contributed by atoms with E-state index in [0.29, 0.717) is 11.6 Å². The normalized spacial score (nSPS) is 15.1. The van der Waals surface area contributed by atoms with Crippen LogP contribution >= 0.6 is 11.6 Å². The molecule has 4 nitrogen and oxygen atoms in total. The molecular formula is C24H29ClN2O2. The van der Waals surface area contributed by atoms with Gasteiger partial charge in [0.1, 0.15) is 6.04 Å². The molecular weight excluding hydrogens is 384 g/mol. The minimum absolute atomic E-state index is 0.0559. The molecule has 1 N–H and O–H groups in total. The smallest absolute Gasteiger partial charge is 0.242 e. The van der Waals surface area contributed by atoms with Gasteiger partial charge in [0.15, 0.2) is 0 Å². The molecule has 1 aliphatic carbocycles. The topological polar surface area (TPSA) is 49.4 Å². The largest absolute Gasteiger partial charge is 0.352 e. The van der Waals surface area contributed by atoms with Gasteiger partial charge in [-0.1, -0.05) is 66.4 Å². The van der Waals surface area contributed by atoms with Crippen molar-refractivity contribution < 1.29 is 9.59 Å². The second-order valence-electron chi connectivity index (χ2n) is 7.98. The Bertz CT molecular complexity index is 844. The lowest BCUT2D eigenvalue weighted by atomic mass is 10.1. The Kier molecular flexibility index (Phi) is 7.32. The molecule has 0 heterocycles. The molecule has 2 amide bonds. The SMILES string of the molecule is Cc1cccc(CC(=O)N(Cc2ccc(Cl)cc2)C(C)C(=O)NC2CCCC2)c1. The van der Waals surface area contributed by atoms with Crippen LogP contribution in [-0.2, 0) is 22.6 Å². The van der Waals surface area contributed by atoms with E-state index < -0.39 is 6.04 Å². The van der Waals surface area contributed by atoms with E-state index in [2.05, 4.69) is 5.32 Å². The summed E-state index contributed by atoms with van der Waals surface area (Å²) in [6.07, 6.45) is 4.62. The third-order valence-corrected chi connectivity index (χ3v) is 5.82. The molecule has 1 atom stereocenters. The molecule has 0 aliphatic heterocycles. The second-order valence-corrected chi connectivity index (χ2v) is 8.42. The van der Waals surface area contributed by atoms with Crippen molar-refractivity contribution in [1.29, 1.82) is 0 Å². The predicted octanol–water partition coefficient (Wildman–Crippen LogP) is 4.67. The first-order chi connectivity index (χ1) is 13.9. The highest BCUT2D eigenvalue weighted by atomic mass is 35.5. The maximum absolute atomic E-state index is 13.2. The minimum Gasteiger partial charge on any atom is -0.352 e. The zero-order chi connectivity index (χ0) is 20.8. The van der Waals surface area contributed by atoms with Gasteiger partial charge in [-0.25, -0.2) is 0 Å². The zero-order valence-corrected chi connectivity index (χ0v) is 17.9. The van der Waals surface area contributed by atoms with Gasteiger partial charge in [-0.2, -0.15) is 0 Å². The maximum Gasteiger partial charge on any atom is 0.242 e. The molecule has 0 bridgehead atoms. The van der Waals surface area contributed by atoms with Crippen molar-refractivity contribution in [2.24, 2.45) is 0 Å². The predicted molar refractivity (Wildman–Crippen MR) is 117 cm³/mol. The maximum atomic E-state index is 13.2. The van der Waals surface area contributed by atoms with Crippen molar-refractivity contribution in [1.82, 2.24) is 10.2 Å². The third-order valence-electron chi connectivity index (χ3n) is 5.57. The average Bonchev–Trinajstić information content (AvgIpc) is 3.20. The summed E-state index contributed by atoms with van der Waals surface area (Å²) in [4.78, 5) is 27.7. The fourth-order valence-electron chi connectivity index (χ4n) is 3.86. The summed E-state index contributed by atoms with van der Waals surface area (Å²) in [5.41, 5.74) is 3.03. The van der Waals surface area contributed by atoms with Gasteiger partial charge in [-0.15, -0.1) is 0 Å². The Balaban J connectivity index is 1.76. The lowest BCUT2D eigenvalue weighted by Gasteiger charge is -2.30. The fourth-order valence-corrected chi connectivity index (χ4v) is 3.99. The van der Waals surface area contributed by atoms with E-state index in [1.54, 1.807) is 4.90 Å². The Hall–Kier alpha value is -2.33. The molecule has 0 aromatic heterocycles. The van der Waals surface area contributed by atoms with Crippen molar-refractivity contribution in [3.05, 3.63) is 70.2 Å². The molecule has 3 rings (SSSR count). The lowest BCUT2D eigenvalue weighted by molar-refractivity contribution is -0.140. The molecule has 2 aromatic carbocycles. The molecule has 0 spiro atoms. The summed E-state index contributed by atoms with van der Waals surface area (Å²) >= 11 is 6.00. The van der Waals surface area contributed by atoms with Crippen LogP contribution in [0.4, 0.5) is 0 Å². The average molecular weight is 413 g/mol. The number of rotatable bonds is 7. The minimum atomic E-state index is -0.538. The van der Waals surface area contributed by atoms with E-state index in [1.165, 1.54) is 0 Å². The summed E-state index contributed by atoms with van der Waals surface area (Å²) in [5, 5.41) is 3.78. The van der Waals surface area contributed by atoms with Crippen LogP contribution in [0.25, 0.3) is 0 Å². The lowest BCUT2D eigenvalue weighted by Crippen LogP contribution is -2.50. The standard InChI is InChI=1S/C24H29ClN2O2/c1-17-6-5-7-20(14-17)15-23(28)27(16-19-10-12-21(25)13-11-19)18(2)24(29)26-22-8-3-4-9-22/h5-7,10-14,18,22H,3-4,8-9,15-16H2,1-2H3,(H,26,29). The molecule has 1 fully saturated rings. The number of nitrogens with one attached hydrogen (secondary N) is 1. The number of carbonyl (C=O) groups excluding carboxylic acids is 2. The molecule has 1 unspecified atom stereocenters. The number of benzene rings is 2. The van der Waals surface area contributed by atoms with Gasteiger partial charge < -0.3 is 10.2 Å². The molecule has 1 saturated carbocycles. The van der Waals surface area contributed by atoms with Crippen molar-refractivity contribution in [3.8, 4) is 0 Å². The first kappa shape index (κ1) is 21.4. The molecule has 2 aromatic rings. The molecule has 5 heteroatoms. The van der Waals surface area contributed by atoms with Gasteiger partial charge in [-0.3, -0.25) is 9.59 Å². The van der Waals surface area contributed by atoms with Crippen LogP contribution in [0.3, 0.4) is 0 Å². The first-order valence-electron chi connectivity index (χ1n) is 10.3. The van der Waals surface area contributed by atoms with Crippen LogP contribution in [0.15, 0.2) is 48.5 Å². The van der Waals surface area contributed by atoms with Crippen LogP contribution in [0.2, 0.25) is 5.02 Å². The van der Waals surface area contributed by atoms with E-state index in [0.717, 1.165) is 42.4 Å². The molecule has 1 aliphatic rings. The molecule has 0 radical (unpaired) electrons. The summed E-state index contributed by atoms with van der Waals surface area (Å²) < 4.78 is 0. The Morgan fingerprint density at radius 1 is 1.10 bits per heavy atom. The highest BCUT2D eigenvalue weighted by molar-refractivity contribution is 6.30. The summed E-state index contributed by atoms with van der Waals surface area (Å²) in [5.74, 6) is -0.136. The van der Waals surface area contributed by atoms with Gasteiger partial charge >= 0.3 is 0 Å². The van der Waals surface area contributed by atoms with Crippen molar-refractivity contribution in [2.45, 2.75) is 64.6 Å². The quantitative estimate of drug-likeness (QED) is 0.718. The molecule has 29 heavy (non-hydrogen) atoms. The van der Waals surface area contributed by atoms with E-state index in [9.17, 15) is 9.59 Å². The summed E-state index contributed by atoms with van der Waals surface area (Å²) in [6, 6.07) is 15.0. The van der Waals surface area contributed by atoms with Gasteiger partial charge in [0, 0.05) is 17.6 Å². The van der Waals surface area contributed by atoms with Crippen molar-refractivity contribution in [3.63, 3.8) is 0 Å². The molecule has 154 valence electrons. The fraction of sp³-hybridized carbons (Fsp3) is 0.417. The van der Waals surface area contributed by atoms with Crippen LogP contribution in [0.5, 0.6) is 0 Å². The highest BCUT2D eigenvalue weighted by Crippen LogP contribution is 2.19. The van der Waals surface area contributed by atoms with Gasteiger partial charge in [-0.05, 0) is 49.9 Å². The number of carbonyl (C=O) groups is 2. The summed E-state index contributed by atoms with van der Waals surface area (Å²) in [7, 11) is 0. The Labute approximate surface area is 178 Å². The molecule has 0 saturated heterocycles. The number of aryl methyl sites for hydroxylation is 1. The second kappa shape index (κ2) is 9.93. The summed E-state index contributed by atoms with van der Waals surface area (Å²) in [6.45, 7) is 4.20. The number of hydrogen-bond donors (Lipinski definition) is 1. The number of amides is 2. The van der Waals surface area contributed by atoms with Crippen LogP contribution in [-0.4, -0.2) is 28.8 Å². The van der Waals surface area contributed by atoms with Crippen LogP contribution in [0.1, 0.15) is 49.3 Å². The number of halogens is 1. The first-order valence-corrected chi connectivity index (χ1v) is 10.7. The van der Waals surface area contributed by atoms with Crippen molar-refractivity contribution >= 4 is 23.4 Å². The van der Waals surface area contributed by atoms with Crippen LogP contribution < -0.4 is 5.32 Å². The highest BCUT2D eigenvalue weighted by Gasteiger charge is 2.28. The monoisotopic (exact) mass is 412 g/mol. The van der Waals surface area contributed by atoms with E-state index in [-0.39, 0.29) is 24.3 Å². The Morgan fingerprint density at radius 3 is 2.45 bits per heavy atom. The zero-order valence-electron chi connectivity index (χ0n) is 17.2. The number of nitrogens with zero attached hydrogens (tertiary/aromatic N) is 1. The van der Waals surface area contributed by atoms with Crippen LogP contribution in [0, 0.1) is 6.92 Å². The van der Waals surface area contributed by atoms with Gasteiger partial charge in [0.2, 0.25) is 11.8 Å². The van der Waals surface area contributed by atoms with E-state index in [1.807, 2.05) is 62.4 Å². The number of hydrogen-bond acceptors (Lipinski definition) is 2. The third kappa shape index (κ3) is 6.07. The van der Waals surface area contributed by atoms with E-state index in [4.69, 9.17) is 11.6 Å².